The minimum absolute atomic E-state index is 0.0705. The number of nitrogens with one attached hydrogen (secondary N) is 2. The topological polar surface area (TPSA) is 61.4 Å². The smallest absolute Gasteiger partial charge is 0.319 e. The van der Waals surface area contributed by atoms with Crippen LogP contribution in [0.2, 0.25) is 0 Å². The van der Waals surface area contributed by atoms with Crippen molar-refractivity contribution in [2.45, 2.75) is 32.2 Å². The predicted octanol–water partition coefficient (Wildman–Crippen LogP) is 2.64. The Balaban J connectivity index is 2.72. The van der Waals surface area contributed by atoms with Gasteiger partial charge in [0.1, 0.15) is 11.6 Å². The molecule has 1 aromatic rings. The van der Waals surface area contributed by atoms with Crippen LogP contribution >= 0.6 is 0 Å². The van der Waals surface area contributed by atoms with Gasteiger partial charge in [-0.3, -0.25) is 0 Å². The molecule has 2 amide bonds. The number of anilines is 1. The zero-order valence-electron chi connectivity index (χ0n) is 11.0. The molecule has 1 aromatic carbocycles. The Kier molecular flexibility index (Phi) is 5.23. The molecule has 1 atom stereocenters. The summed E-state index contributed by atoms with van der Waals surface area (Å²) in [7, 11) is 0. The van der Waals surface area contributed by atoms with E-state index < -0.39 is 23.2 Å². The summed E-state index contributed by atoms with van der Waals surface area (Å²) in [5.74, 6) is -1.35. The molecule has 1 rings (SSSR count). The second-order valence-electron chi connectivity index (χ2n) is 4.59. The standard InChI is InChI=1S/C13H18F2N2O2/c1-3-13(2,6-7-18)17-12(19)16-11-8-9(14)4-5-10(11)15/h4-5,8,18H,3,6-7H2,1-2H3,(H2,16,17,19). The van der Waals surface area contributed by atoms with Crippen molar-refractivity contribution in [3.63, 3.8) is 0 Å². The maximum absolute atomic E-state index is 13.3. The van der Waals surface area contributed by atoms with E-state index in [4.69, 9.17) is 5.11 Å². The van der Waals surface area contributed by atoms with Crippen molar-refractivity contribution in [3.05, 3.63) is 29.8 Å². The molecule has 0 aromatic heterocycles. The number of aliphatic hydroxyl groups is 1. The summed E-state index contributed by atoms with van der Waals surface area (Å²) in [6, 6.07) is 2.18. The lowest BCUT2D eigenvalue weighted by Crippen LogP contribution is -2.48. The number of carbonyl (C=O) groups is 1. The molecule has 0 radical (unpaired) electrons. The first-order valence-electron chi connectivity index (χ1n) is 6.05. The molecule has 1 unspecified atom stereocenters. The van der Waals surface area contributed by atoms with Crippen LogP contribution in [0.3, 0.4) is 0 Å². The number of hydrogen-bond acceptors (Lipinski definition) is 2. The first kappa shape index (κ1) is 15.4. The Morgan fingerprint density at radius 2 is 2.11 bits per heavy atom. The van der Waals surface area contributed by atoms with Crippen LogP contribution in [0, 0.1) is 11.6 Å². The number of benzene rings is 1. The minimum Gasteiger partial charge on any atom is -0.396 e. The molecule has 0 bridgehead atoms. The lowest BCUT2D eigenvalue weighted by Gasteiger charge is -2.29. The Morgan fingerprint density at radius 3 is 2.68 bits per heavy atom. The lowest BCUT2D eigenvalue weighted by molar-refractivity contribution is 0.208. The van der Waals surface area contributed by atoms with Crippen LogP contribution in [-0.4, -0.2) is 23.3 Å². The maximum atomic E-state index is 13.3. The third kappa shape index (κ3) is 4.48. The van der Waals surface area contributed by atoms with E-state index in [1.54, 1.807) is 6.92 Å². The van der Waals surface area contributed by atoms with Gasteiger partial charge in [-0.25, -0.2) is 13.6 Å². The van der Waals surface area contributed by atoms with E-state index in [9.17, 15) is 13.6 Å². The zero-order chi connectivity index (χ0) is 14.5. The molecule has 19 heavy (non-hydrogen) atoms. The highest BCUT2D eigenvalue weighted by Gasteiger charge is 2.24. The van der Waals surface area contributed by atoms with Crippen LogP contribution in [0.25, 0.3) is 0 Å². The largest absolute Gasteiger partial charge is 0.396 e. The van der Waals surface area contributed by atoms with Crippen molar-refractivity contribution in [2.24, 2.45) is 0 Å². The van der Waals surface area contributed by atoms with Crippen molar-refractivity contribution in [1.29, 1.82) is 0 Å². The van der Waals surface area contributed by atoms with Gasteiger partial charge in [-0.15, -0.1) is 0 Å². The Bertz CT molecular complexity index is 454. The van der Waals surface area contributed by atoms with Gasteiger partial charge in [0.15, 0.2) is 0 Å². The first-order chi connectivity index (χ1) is 8.90. The number of rotatable bonds is 5. The van der Waals surface area contributed by atoms with Gasteiger partial charge in [0.2, 0.25) is 0 Å². The summed E-state index contributed by atoms with van der Waals surface area (Å²) in [5.41, 5.74) is -0.817. The summed E-state index contributed by atoms with van der Waals surface area (Å²) >= 11 is 0. The van der Waals surface area contributed by atoms with Crippen molar-refractivity contribution in [2.75, 3.05) is 11.9 Å². The first-order valence-corrected chi connectivity index (χ1v) is 6.05. The van der Waals surface area contributed by atoms with E-state index in [2.05, 4.69) is 10.6 Å². The summed E-state index contributed by atoms with van der Waals surface area (Å²) in [4.78, 5) is 11.7. The van der Waals surface area contributed by atoms with Crippen LogP contribution in [-0.2, 0) is 0 Å². The number of hydrogen-bond donors (Lipinski definition) is 3. The Labute approximate surface area is 110 Å². The highest BCUT2D eigenvalue weighted by Crippen LogP contribution is 2.17. The van der Waals surface area contributed by atoms with E-state index in [0.717, 1.165) is 18.2 Å². The molecule has 0 aliphatic carbocycles. The van der Waals surface area contributed by atoms with Gasteiger partial charge in [-0.05, 0) is 31.9 Å². The lowest BCUT2D eigenvalue weighted by atomic mass is 9.95. The van der Waals surface area contributed by atoms with Crippen LogP contribution in [0.5, 0.6) is 0 Å². The van der Waals surface area contributed by atoms with Gasteiger partial charge in [0, 0.05) is 18.2 Å². The fourth-order valence-corrected chi connectivity index (χ4v) is 1.60. The summed E-state index contributed by atoms with van der Waals surface area (Å²) in [6.45, 7) is 3.56. The zero-order valence-corrected chi connectivity index (χ0v) is 11.0. The van der Waals surface area contributed by atoms with E-state index in [1.165, 1.54) is 0 Å². The average Bonchev–Trinajstić information content (AvgIpc) is 2.34. The van der Waals surface area contributed by atoms with E-state index in [0.29, 0.717) is 12.8 Å². The molecule has 0 aliphatic heterocycles. The van der Waals surface area contributed by atoms with Crippen molar-refractivity contribution in [3.8, 4) is 0 Å². The van der Waals surface area contributed by atoms with E-state index in [-0.39, 0.29) is 12.3 Å². The number of carbonyl (C=O) groups excluding carboxylic acids is 1. The van der Waals surface area contributed by atoms with Gasteiger partial charge in [0.05, 0.1) is 5.69 Å². The molecule has 0 spiro atoms. The summed E-state index contributed by atoms with van der Waals surface area (Å²) in [5, 5.41) is 13.8. The van der Waals surface area contributed by atoms with Gasteiger partial charge < -0.3 is 15.7 Å². The van der Waals surface area contributed by atoms with Gasteiger partial charge >= 0.3 is 6.03 Å². The maximum Gasteiger partial charge on any atom is 0.319 e. The third-order valence-corrected chi connectivity index (χ3v) is 3.04. The van der Waals surface area contributed by atoms with Crippen molar-refractivity contribution < 1.29 is 18.7 Å². The number of amides is 2. The van der Waals surface area contributed by atoms with E-state index >= 15 is 0 Å². The Morgan fingerprint density at radius 1 is 1.42 bits per heavy atom. The third-order valence-electron chi connectivity index (χ3n) is 3.04. The Hall–Kier alpha value is -1.69. The van der Waals surface area contributed by atoms with Crippen molar-refractivity contribution >= 4 is 11.7 Å². The van der Waals surface area contributed by atoms with Crippen LogP contribution in [0.4, 0.5) is 19.3 Å². The second kappa shape index (κ2) is 6.47. The SMILES string of the molecule is CCC(C)(CCO)NC(=O)Nc1cc(F)ccc1F. The van der Waals surface area contributed by atoms with Crippen LogP contribution in [0.15, 0.2) is 18.2 Å². The highest BCUT2D eigenvalue weighted by molar-refractivity contribution is 5.89. The molecule has 0 fully saturated rings. The van der Waals surface area contributed by atoms with Crippen LogP contribution < -0.4 is 10.6 Å². The second-order valence-corrected chi connectivity index (χ2v) is 4.59. The number of halogens is 2. The van der Waals surface area contributed by atoms with Gasteiger partial charge in [-0.2, -0.15) is 0 Å². The molecule has 3 N–H and O–H groups in total. The fourth-order valence-electron chi connectivity index (χ4n) is 1.60. The molecule has 0 saturated heterocycles. The van der Waals surface area contributed by atoms with Crippen molar-refractivity contribution in [1.82, 2.24) is 5.32 Å². The van der Waals surface area contributed by atoms with Gasteiger partial charge in [-0.1, -0.05) is 6.92 Å². The summed E-state index contributed by atoms with van der Waals surface area (Å²) in [6.07, 6.45) is 0.981. The molecule has 0 saturated carbocycles. The monoisotopic (exact) mass is 272 g/mol. The van der Waals surface area contributed by atoms with E-state index in [1.807, 2.05) is 6.92 Å². The average molecular weight is 272 g/mol. The predicted molar refractivity (Wildman–Crippen MR) is 68.9 cm³/mol. The molecule has 4 nitrogen and oxygen atoms in total. The normalized spacial score (nSPS) is 13.7. The molecule has 106 valence electrons. The van der Waals surface area contributed by atoms with Gasteiger partial charge in [0.25, 0.3) is 0 Å². The molecular formula is C13H18F2N2O2. The quantitative estimate of drug-likeness (QED) is 0.771. The molecular weight excluding hydrogens is 254 g/mol. The minimum atomic E-state index is -0.711. The fraction of sp³-hybridized carbons (Fsp3) is 0.462. The molecule has 0 aliphatic rings. The summed E-state index contributed by atoms with van der Waals surface area (Å²) < 4.78 is 26.3. The van der Waals surface area contributed by atoms with Crippen LogP contribution in [0.1, 0.15) is 26.7 Å². The number of aliphatic hydroxyl groups excluding tert-OH is 1. The molecule has 0 heterocycles. The molecule has 6 heteroatoms. The number of urea groups is 1. The highest BCUT2D eigenvalue weighted by atomic mass is 19.1.